The van der Waals surface area contributed by atoms with E-state index >= 15 is 0 Å². The van der Waals surface area contributed by atoms with Gasteiger partial charge in [0.1, 0.15) is 5.00 Å². The Hall–Kier alpha value is -1.93. The van der Waals surface area contributed by atoms with Crippen LogP contribution in [-0.2, 0) is 24.8 Å². The van der Waals surface area contributed by atoms with Crippen molar-refractivity contribution in [3.05, 3.63) is 34.0 Å². The van der Waals surface area contributed by atoms with Gasteiger partial charge in [-0.1, -0.05) is 6.92 Å². The fourth-order valence-electron chi connectivity index (χ4n) is 2.30. The van der Waals surface area contributed by atoms with Crippen LogP contribution >= 0.6 is 23.6 Å². The summed E-state index contributed by atoms with van der Waals surface area (Å²) in [5.74, 6) is -0.344. The minimum Gasteiger partial charge on any atom is -0.465 e. The number of methoxy groups -OCH3 is 1. The molecule has 0 fully saturated rings. The Balaban J connectivity index is 2.09. The topological polar surface area (TPSA) is 68.2 Å². The largest absolute Gasteiger partial charge is 0.465 e. The zero-order valence-electron chi connectivity index (χ0n) is 13.6. The van der Waals surface area contributed by atoms with E-state index < -0.39 is 0 Å². The Morgan fingerprint density at radius 1 is 1.52 bits per heavy atom. The van der Waals surface area contributed by atoms with Crippen LogP contribution in [0.2, 0.25) is 0 Å². The SMILES string of the molecule is CCc1c(C)sc(NC(=S)NCc2cnn(C)c2)c1C(=O)OC. The number of thiophene rings is 1. The maximum atomic E-state index is 12.1. The minimum atomic E-state index is -0.344. The van der Waals surface area contributed by atoms with E-state index in [1.807, 2.05) is 27.1 Å². The van der Waals surface area contributed by atoms with Crippen LogP contribution in [0.1, 0.15) is 33.3 Å². The van der Waals surface area contributed by atoms with Crippen LogP contribution in [0.15, 0.2) is 12.4 Å². The van der Waals surface area contributed by atoms with Crippen molar-refractivity contribution in [2.24, 2.45) is 7.05 Å². The van der Waals surface area contributed by atoms with E-state index in [9.17, 15) is 4.79 Å². The zero-order valence-corrected chi connectivity index (χ0v) is 15.2. The van der Waals surface area contributed by atoms with E-state index in [4.69, 9.17) is 17.0 Å². The first-order valence-electron chi connectivity index (χ1n) is 7.19. The molecule has 0 bridgehead atoms. The first kappa shape index (κ1) is 17.4. The predicted molar refractivity (Wildman–Crippen MR) is 96.0 cm³/mol. The molecule has 0 aromatic carbocycles. The minimum absolute atomic E-state index is 0.344. The third-order valence-corrected chi connectivity index (χ3v) is 4.70. The quantitative estimate of drug-likeness (QED) is 0.637. The number of ether oxygens (including phenoxy) is 1. The second-order valence-electron chi connectivity index (χ2n) is 5.02. The molecular weight excluding hydrogens is 332 g/mol. The average molecular weight is 352 g/mol. The smallest absolute Gasteiger partial charge is 0.341 e. The highest BCUT2D eigenvalue weighted by atomic mass is 32.1. The standard InChI is InChI=1S/C15H20N4O2S2/c1-5-11-9(2)23-13(12(11)14(20)21-4)18-15(22)16-6-10-7-17-19(3)8-10/h7-8H,5-6H2,1-4H3,(H2,16,18,22). The molecule has 8 heteroatoms. The molecule has 0 amide bonds. The van der Waals surface area contributed by atoms with Gasteiger partial charge < -0.3 is 15.4 Å². The fourth-order valence-corrected chi connectivity index (χ4v) is 3.68. The molecule has 0 spiro atoms. The van der Waals surface area contributed by atoms with E-state index in [1.54, 1.807) is 10.9 Å². The van der Waals surface area contributed by atoms with Gasteiger partial charge in [0.2, 0.25) is 0 Å². The number of hydrogen-bond acceptors (Lipinski definition) is 5. The number of anilines is 1. The Morgan fingerprint density at radius 2 is 2.26 bits per heavy atom. The number of nitrogens with zero attached hydrogens (tertiary/aromatic N) is 2. The summed E-state index contributed by atoms with van der Waals surface area (Å²) >= 11 is 6.83. The lowest BCUT2D eigenvalue weighted by Crippen LogP contribution is -2.28. The molecule has 0 aliphatic rings. The molecular formula is C15H20N4O2S2. The molecule has 0 saturated heterocycles. The highest BCUT2D eigenvalue weighted by Gasteiger charge is 2.22. The maximum Gasteiger partial charge on any atom is 0.341 e. The molecule has 0 aliphatic carbocycles. The zero-order chi connectivity index (χ0) is 17.0. The molecule has 23 heavy (non-hydrogen) atoms. The van der Waals surface area contributed by atoms with Crippen LogP contribution in [0, 0.1) is 6.92 Å². The number of hydrogen-bond donors (Lipinski definition) is 2. The Morgan fingerprint density at radius 3 is 2.83 bits per heavy atom. The van der Waals surface area contributed by atoms with Crippen LogP contribution in [0.25, 0.3) is 0 Å². The number of nitrogens with one attached hydrogen (secondary N) is 2. The highest BCUT2D eigenvalue weighted by Crippen LogP contribution is 2.33. The van der Waals surface area contributed by atoms with Gasteiger partial charge >= 0.3 is 5.97 Å². The van der Waals surface area contributed by atoms with Crippen LogP contribution in [0.5, 0.6) is 0 Å². The average Bonchev–Trinajstić information content (AvgIpc) is 3.07. The number of carbonyl (C=O) groups is 1. The van der Waals surface area contributed by atoms with Crippen LogP contribution < -0.4 is 10.6 Å². The van der Waals surface area contributed by atoms with Crippen molar-refractivity contribution in [1.29, 1.82) is 0 Å². The van der Waals surface area contributed by atoms with E-state index in [1.165, 1.54) is 18.4 Å². The molecule has 0 unspecified atom stereocenters. The Bertz CT molecular complexity index is 721. The molecule has 2 N–H and O–H groups in total. The molecule has 0 atom stereocenters. The fraction of sp³-hybridized carbons (Fsp3) is 0.400. The van der Waals surface area contributed by atoms with Gasteiger partial charge in [-0.3, -0.25) is 4.68 Å². The Labute approximate surface area is 144 Å². The molecule has 0 saturated carbocycles. The third kappa shape index (κ3) is 4.08. The van der Waals surface area contributed by atoms with Crippen molar-refractivity contribution >= 4 is 39.6 Å². The number of aryl methyl sites for hydroxylation is 2. The lowest BCUT2D eigenvalue weighted by Gasteiger charge is -2.10. The summed E-state index contributed by atoms with van der Waals surface area (Å²) in [6.07, 6.45) is 4.46. The molecule has 0 aliphatic heterocycles. The third-order valence-electron chi connectivity index (χ3n) is 3.39. The van der Waals surface area contributed by atoms with Crippen molar-refractivity contribution in [2.45, 2.75) is 26.8 Å². The van der Waals surface area contributed by atoms with Crippen molar-refractivity contribution in [1.82, 2.24) is 15.1 Å². The first-order valence-corrected chi connectivity index (χ1v) is 8.41. The molecule has 2 rings (SSSR count). The summed E-state index contributed by atoms with van der Waals surface area (Å²) in [6.45, 7) is 4.58. The van der Waals surface area contributed by atoms with E-state index in [0.717, 1.165) is 27.4 Å². The Kier molecular flexibility index (Phi) is 5.73. The van der Waals surface area contributed by atoms with Crippen LogP contribution in [-0.4, -0.2) is 28.0 Å². The molecule has 2 aromatic rings. The van der Waals surface area contributed by atoms with Gasteiger partial charge in [0, 0.05) is 30.2 Å². The van der Waals surface area contributed by atoms with Gasteiger partial charge in [0.25, 0.3) is 0 Å². The van der Waals surface area contributed by atoms with Crippen molar-refractivity contribution in [3.8, 4) is 0 Å². The monoisotopic (exact) mass is 352 g/mol. The molecule has 124 valence electrons. The summed E-state index contributed by atoms with van der Waals surface area (Å²) in [4.78, 5) is 13.1. The predicted octanol–water partition coefficient (Wildman–Crippen LogP) is 2.63. The van der Waals surface area contributed by atoms with Gasteiger partial charge in [-0.05, 0) is 31.1 Å². The highest BCUT2D eigenvalue weighted by molar-refractivity contribution is 7.80. The molecule has 0 radical (unpaired) electrons. The summed E-state index contributed by atoms with van der Waals surface area (Å²) in [7, 11) is 3.25. The maximum absolute atomic E-state index is 12.1. The molecule has 2 heterocycles. The molecule has 2 aromatic heterocycles. The number of thiocarbonyl (C=S) groups is 1. The van der Waals surface area contributed by atoms with Gasteiger partial charge in [-0.15, -0.1) is 11.3 Å². The number of carbonyl (C=O) groups excluding carboxylic acids is 1. The first-order chi connectivity index (χ1) is 11.0. The van der Waals surface area contributed by atoms with Crippen molar-refractivity contribution in [3.63, 3.8) is 0 Å². The number of rotatable bonds is 5. The molecule has 6 nitrogen and oxygen atoms in total. The summed E-state index contributed by atoms with van der Waals surface area (Å²) in [5, 5.41) is 11.5. The second-order valence-corrected chi connectivity index (χ2v) is 6.65. The van der Waals surface area contributed by atoms with Gasteiger partial charge in [-0.2, -0.15) is 5.10 Å². The van der Waals surface area contributed by atoms with Gasteiger partial charge in [0.15, 0.2) is 5.11 Å². The van der Waals surface area contributed by atoms with E-state index in [2.05, 4.69) is 15.7 Å². The number of aromatic nitrogens is 2. The van der Waals surface area contributed by atoms with Gasteiger partial charge in [-0.25, -0.2) is 4.79 Å². The second kappa shape index (κ2) is 7.56. The van der Waals surface area contributed by atoms with E-state index in [-0.39, 0.29) is 5.97 Å². The van der Waals surface area contributed by atoms with Crippen molar-refractivity contribution < 1.29 is 9.53 Å². The summed E-state index contributed by atoms with van der Waals surface area (Å²) < 4.78 is 6.63. The lowest BCUT2D eigenvalue weighted by atomic mass is 10.1. The van der Waals surface area contributed by atoms with Crippen molar-refractivity contribution in [2.75, 3.05) is 12.4 Å². The number of esters is 1. The summed E-state index contributed by atoms with van der Waals surface area (Å²) in [5.41, 5.74) is 2.60. The summed E-state index contributed by atoms with van der Waals surface area (Å²) in [6, 6.07) is 0. The lowest BCUT2D eigenvalue weighted by molar-refractivity contribution is 0.0601. The van der Waals surface area contributed by atoms with Crippen LogP contribution in [0.4, 0.5) is 5.00 Å². The van der Waals surface area contributed by atoms with E-state index in [0.29, 0.717) is 17.2 Å². The van der Waals surface area contributed by atoms with Gasteiger partial charge in [0.05, 0.1) is 18.9 Å². The normalized spacial score (nSPS) is 10.4. The van der Waals surface area contributed by atoms with Crippen LogP contribution in [0.3, 0.4) is 0 Å².